The van der Waals surface area contributed by atoms with Gasteiger partial charge in [-0.25, -0.2) is 5.84 Å². The third-order valence-corrected chi connectivity index (χ3v) is 3.42. The quantitative estimate of drug-likeness (QED) is 0.193. The van der Waals surface area contributed by atoms with Crippen molar-refractivity contribution >= 4 is 5.96 Å². The molecule has 0 aliphatic carbocycles. The van der Waals surface area contributed by atoms with Gasteiger partial charge in [-0.05, 0) is 38.8 Å². The van der Waals surface area contributed by atoms with Gasteiger partial charge in [0.1, 0.15) is 0 Å². The Bertz CT molecular complexity index is 259. The van der Waals surface area contributed by atoms with Crippen LogP contribution in [0.5, 0.6) is 0 Å². The minimum absolute atomic E-state index is 0.661. The molecular formula is C13H29N5O. The topological polar surface area (TPSA) is 74.9 Å². The van der Waals surface area contributed by atoms with Gasteiger partial charge in [-0.1, -0.05) is 6.92 Å². The number of ether oxygens (including phenoxy) is 1. The van der Waals surface area contributed by atoms with Crippen molar-refractivity contribution in [1.82, 2.24) is 15.6 Å². The number of nitrogens with zero attached hydrogens (tertiary/aromatic N) is 2. The number of aliphatic imine (C=N–C) groups is 1. The predicted octanol–water partition coefficient (Wildman–Crippen LogP) is 0.164. The van der Waals surface area contributed by atoms with E-state index in [0.29, 0.717) is 11.9 Å². The zero-order valence-corrected chi connectivity index (χ0v) is 12.3. The largest absolute Gasteiger partial charge is 0.382 e. The first-order chi connectivity index (χ1) is 9.30. The second-order valence-electron chi connectivity index (χ2n) is 4.86. The van der Waals surface area contributed by atoms with Crippen LogP contribution in [0.3, 0.4) is 0 Å². The van der Waals surface area contributed by atoms with Crippen LogP contribution in [-0.4, -0.2) is 56.8 Å². The molecule has 0 aromatic carbocycles. The first kappa shape index (κ1) is 16.2. The fourth-order valence-electron chi connectivity index (χ4n) is 2.25. The van der Waals surface area contributed by atoms with Crippen molar-refractivity contribution in [2.75, 3.05) is 45.9 Å². The Kier molecular flexibility index (Phi) is 8.53. The normalized spacial score (nSPS) is 20.8. The van der Waals surface area contributed by atoms with Crippen LogP contribution in [0.2, 0.25) is 0 Å². The summed E-state index contributed by atoms with van der Waals surface area (Å²) in [7, 11) is 0. The lowest BCUT2D eigenvalue weighted by Gasteiger charge is -2.13. The number of nitrogens with two attached hydrogens (primary N) is 1. The minimum Gasteiger partial charge on any atom is -0.382 e. The molecule has 1 rings (SSSR count). The summed E-state index contributed by atoms with van der Waals surface area (Å²) in [5.41, 5.74) is 2.63. The van der Waals surface area contributed by atoms with E-state index in [-0.39, 0.29) is 0 Å². The molecule has 6 heteroatoms. The molecule has 6 nitrogen and oxygen atoms in total. The summed E-state index contributed by atoms with van der Waals surface area (Å²) in [6.45, 7) is 10.9. The van der Waals surface area contributed by atoms with Gasteiger partial charge in [0.25, 0.3) is 0 Å². The summed E-state index contributed by atoms with van der Waals surface area (Å²) >= 11 is 0. The van der Waals surface area contributed by atoms with Gasteiger partial charge in [-0.2, -0.15) is 0 Å². The molecule has 19 heavy (non-hydrogen) atoms. The fourth-order valence-corrected chi connectivity index (χ4v) is 2.25. The number of hydrogen-bond donors (Lipinski definition) is 3. The lowest BCUT2D eigenvalue weighted by atomic mass is 10.1. The summed E-state index contributed by atoms with van der Waals surface area (Å²) < 4.78 is 5.28. The van der Waals surface area contributed by atoms with Gasteiger partial charge in [-0.15, -0.1) is 0 Å². The van der Waals surface area contributed by atoms with Gasteiger partial charge in [0.2, 0.25) is 5.96 Å². The molecule has 0 aromatic heterocycles. The second-order valence-corrected chi connectivity index (χ2v) is 4.86. The Morgan fingerprint density at radius 3 is 2.95 bits per heavy atom. The summed E-state index contributed by atoms with van der Waals surface area (Å²) in [5, 5.41) is 3.20. The molecule has 1 atom stereocenters. The van der Waals surface area contributed by atoms with Gasteiger partial charge in [-0.3, -0.25) is 10.4 Å². The number of likely N-dealkylation sites (tertiary alicyclic amines) is 1. The molecule has 1 unspecified atom stereocenters. The fraction of sp³-hybridized carbons (Fsp3) is 0.923. The van der Waals surface area contributed by atoms with Gasteiger partial charge in [0.15, 0.2) is 0 Å². The van der Waals surface area contributed by atoms with E-state index in [0.717, 1.165) is 45.8 Å². The average Bonchev–Trinajstić information content (AvgIpc) is 2.90. The standard InChI is InChI=1S/C13H29N5O/c1-3-18-8-6-12(11-18)10-16-13(17-14)15-7-5-9-19-4-2/h12H,3-11,14H2,1-2H3,(H2,15,16,17). The molecule has 1 fully saturated rings. The lowest BCUT2D eigenvalue weighted by Crippen LogP contribution is -2.42. The SMILES string of the molecule is CCOCCCNC(=NCC1CCN(CC)C1)NN. The number of hydrogen-bond acceptors (Lipinski definition) is 4. The molecule has 0 saturated carbocycles. The highest BCUT2D eigenvalue weighted by atomic mass is 16.5. The number of hydrazine groups is 1. The van der Waals surface area contributed by atoms with Crippen LogP contribution in [0.1, 0.15) is 26.7 Å². The average molecular weight is 271 g/mol. The van der Waals surface area contributed by atoms with Crippen LogP contribution >= 0.6 is 0 Å². The maximum absolute atomic E-state index is 5.47. The highest BCUT2D eigenvalue weighted by Gasteiger charge is 2.20. The summed E-state index contributed by atoms with van der Waals surface area (Å²) in [4.78, 5) is 6.98. The summed E-state index contributed by atoms with van der Waals surface area (Å²) in [6.07, 6.45) is 2.20. The van der Waals surface area contributed by atoms with Crippen LogP contribution in [0, 0.1) is 5.92 Å². The van der Waals surface area contributed by atoms with Crippen molar-refractivity contribution in [1.29, 1.82) is 0 Å². The zero-order chi connectivity index (χ0) is 13.9. The van der Waals surface area contributed by atoms with Crippen LogP contribution < -0.4 is 16.6 Å². The molecule has 112 valence electrons. The number of nitrogens with one attached hydrogen (secondary N) is 2. The van der Waals surface area contributed by atoms with Crippen molar-refractivity contribution < 1.29 is 4.74 Å². The van der Waals surface area contributed by atoms with Crippen LogP contribution in [0.15, 0.2) is 4.99 Å². The summed E-state index contributed by atoms with van der Waals surface area (Å²) in [6, 6.07) is 0. The molecule has 4 N–H and O–H groups in total. The Balaban J connectivity index is 2.17. The molecule has 1 saturated heterocycles. The van der Waals surface area contributed by atoms with E-state index in [2.05, 4.69) is 27.6 Å². The van der Waals surface area contributed by atoms with Crippen molar-refractivity contribution in [2.24, 2.45) is 16.8 Å². The molecule has 0 spiro atoms. The predicted molar refractivity (Wildman–Crippen MR) is 79.0 cm³/mol. The molecule has 0 bridgehead atoms. The Labute approximate surface area is 116 Å². The maximum Gasteiger partial charge on any atom is 0.205 e. The Hall–Kier alpha value is -0.850. The van der Waals surface area contributed by atoms with Crippen LogP contribution in [0.4, 0.5) is 0 Å². The molecule has 0 radical (unpaired) electrons. The highest BCUT2D eigenvalue weighted by Crippen LogP contribution is 2.15. The number of rotatable bonds is 8. The first-order valence-electron chi connectivity index (χ1n) is 7.35. The minimum atomic E-state index is 0.661. The summed E-state index contributed by atoms with van der Waals surface area (Å²) in [5.74, 6) is 6.81. The van der Waals surface area contributed by atoms with Crippen molar-refractivity contribution in [3.63, 3.8) is 0 Å². The van der Waals surface area contributed by atoms with Gasteiger partial charge in [0, 0.05) is 32.8 Å². The third kappa shape index (κ3) is 6.75. The Morgan fingerprint density at radius 1 is 1.47 bits per heavy atom. The van der Waals surface area contributed by atoms with Crippen molar-refractivity contribution in [3.05, 3.63) is 0 Å². The van der Waals surface area contributed by atoms with Crippen LogP contribution in [-0.2, 0) is 4.74 Å². The van der Waals surface area contributed by atoms with E-state index in [9.17, 15) is 0 Å². The molecule has 1 heterocycles. The van der Waals surface area contributed by atoms with Crippen LogP contribution in [0.25, 0.3) is 0 Å². The lowest BCUT2D eigenvalue weighted by molar-refractivity contribution is 0.145. The third-order valence-electron chi connectivity index (χ3n) is 3.42. The molecule has 1 aliphatic rings. The smallest absolute Gasteiger partial charge is 0.205 e. The van der Waals surface area contributed by atoms with Gasteiger partial charge in [0.05, 0.1) is 0 Å². The van der Waals surface area contributed by atoms with E-state index >= 15 is 0 Å². The highest BCUT2D eigenvalue weighted by molar-refractivity contribution is 5.79. The van der Waals surface area contributed by atoms with E-state index in [1.54, 1.807) is 0 Å². The second kappa shape index (κ2) is 10.00. The number of guanidine groups is 1. The van der Waals surface area contributed by atoms with Crippen molar-refractivity contribution in [2.45, 2.75) is 26.7 Å². The van der Waals surface area contributed by atoms with E-state index in [4.69, 9.17) is 10.6 Å². The molecule has 0 aromatic rings. The monoisotopic (exact) mass is 271 g/mol. The molecule has 1 aliphatic heterocycles. The van der Waals surface area contributed by atoms with E-state index in [1.807, 2.05) is 6.92 Å². The molecule has 0 amide bonds. The first-order valence-corrected chi connectivity index (χ1v) is 7.35. The maximum atomic E-state index is 5.47. The van der Waals surface area contributed by atoms with E-state index in [1.165, 1.54) is 13.0 Å². The van der Waals surface area contributed by atoms with Gasteiger partial charge < -0.3 is 15.0 Å². The van der Waals surface area contributed by atoms with E-state index < -0.39 is 0 Å². The van der Waals surface area contributed by atoms with Gasteiger partial charge >= 0.3 is 0 Å². The zero-order valence-electron chi connectivity index (χ0n) is 12.3. The Morgan fingerprint density at radius 2 is 2.32 bits per heavy atom. The van der Waals surface area contributed by atoms with Crippen molar-refractivity contribution in [3.8, 4) is 0 Å². The molecular weight excluding hydrogens is 242 g/mol.